The van der Waals surface area contributed by atoms with Gasteiger partial charge >= 0.3 is 0 Å². The minimum Gasteiger partial charge on any atom is -0.368 e. The van der Waals surface area contributed by atoms with Gasteiger partial charge in [0.2, 0.25) is 5.95 Å². The molecule has 2 N–H and O–H groups in total. The van der Waals surface area contributed by atoms with E-state index in [1.54, 1.807) is 5.51 Å². The van der Waals surface area contributed by atoms with Crippen LogP contribution in [0.5, 0.6) is 0 Å². The van der Waals surface area contributed by atoms with Crippen molar-refractivity contribution in [1.82, 2.24) is 19.9 Å². The van der Waals surface area contributed by atoms with Crippen LogP contribution < -0.4 is 5.73 Å². The maximum absolute atomic E-state index is 5.68. The Morgan fingerprint density at radius 3 is 2.50 bits per heavy atom. The molecule has 0 radical (unpaired) electrons. The van der Waals surface area contributed by atoms with Crippen LogP contribution in [0.3, 0.4) is 0 Å². The second-order valence-electron chi connectivity index (χ2n) is 4.46. The lowest BCUT2D eigenvalue weighted by molar-refractivity contribution is 0.544. The van der Waals surface area contributed by atoms with Crippen LogP contribution in [0.25, 0.3) is 11.5 Å². The second kappa shape index (κ2) is 3.79. The highest BCUT2D eigenvalue weighted by Crippen LogP contribution is 2.22. The standard InChI is InChI=1S/C10H13N5S/c1-10(2,3)8-13-7(14-9(11)15-8)6-4-16-5-12-6/h4-5H,1-3H3,(H2,11,13,14,15). The van der Waals surface area contributed by atoms with Crippen molar-refractivity contribution in [2.45, 2.75) is 26.2 Å². The number of nitrogens with zero attached hydrogens (tertiary/aromatic N) is 4. The minimum absolute atomic E-state index is 0.151. The van der Waals surface area contributed by atoms with Crippen molar-refractivity contribution >= 4 is 17.3 Å². The first kappa shape index (κ1) is 10.9. The minimum atomic E-state index is -0.151. The van der Waals surface area contributed by atoms with E-state index >= 15 is 0 Å². The van der Waals surface area contributed by atoms with Crippen LogP contribution in [0.4, 0.5) is 5.95 Å². The summed E-state index contributed by atoms with van der Waals surface area (Å²) in [5.74, 6) is 1.46. The molecule has 0 aliphatic carbocycles. The highest BCUT2D eigenvalue weighted by molar-refractivity contribution is 7.07. The van der Waals surface area contributed by atoms with Gasteiger partial charge in [-0.1, -0.05) is 20.8 Å². The van der Waals surface area contributed by atoms with Gasteiger partial charge in [0.05, 0.1) is 5.51 Å². The van der Waals surface area contributed by atoms with Gasteiger partial charge in [-0.25, -0.2) is 9.97 Å². The van der Waals surface area contributed by atoms with Crippen LogP contribution in [0.1, 0.15) is 26.6 Å². The van der Waals surface area contributed by atoms with Crippen LogP contribution >= 0.6 is 11.3 Å². The number of nitrogens with two attached hydrogens (primary N) is 1. The maximum atomic E-state index is 5.68. The van der Waals surface area contributed by atoms with Gasteiger partial charge in [0.25, 0.3) is 0 Å². The van der Waals surface area contributed by atoms with Crippen molar-refractivity contribution < 1.29 is 0 Å². The Hall–Kier alpha value is -1.56. The summed E-state index contributed by atoms with van der Waals surface area (Å²) in [6, 6.07) is 0. The molecule has 0 fully saturated rings. The summed E-state index contributed by atoms with van der Waals surface area (Å²) in [5, 5.41) is 1.89. The van der Waals surface area contributed by atoms with Crippen LogP contribution in [-0.4, -0.2) is 19.9 Å². The molecule has 0 saturated heterocycles. The molecule has 16 heavy (non-hydrogen) atoms. The van der Waals surface area contributed by atoms with Gasteiger partial charge in [-0.15, -0.1) is 11.3 Å². The number of aromatic nitrogens is 4. The highest BCUT2D eigenvalue weighted by Gasteiger charge is 2.20. The molecule has 2 aromatic rings. The number of anilines is 1. The highest BCUT2D eigenvalue weighted by atomic mass is 32.1. The summed E-state index contributed by atoms with van der Waals surface area (Å²) in [6.07, 6.45) is 0. The third-order valence-electron chi connectivity index (χ3n) is 1.98. The summed E-state index contributed by atoms with van der Waals surface area (Å²) in [6.45, 7) is 6.10. The van der Waals surface area contributed by atoms with Crippen LogP contribution in [-0.2, 0) is 5.41 Å². The van der Waals surface area contributed by atoms with E-state index in [4.69, 9.17) is 5.73 Å². The molecule has 0 aromatic carbocycles. The molecular weight excluding hydrogens is 222 g/mol. The van der Waals surface area contributed by atoms with Gasteiger partial charge in [0, 0.05) is 10.8 Å². The average Bonchev–Trinajstić information content (AvgIpc) is 2.68. The van der Waals surface area contributed by atoms with E-state index in [-0.39, 0.29) is 11.4 Å². The normalized spacial score (nSPS) is 11.7. The lowest BCUT2D eigenvalue weighted by atomic mass is 9.96. The molecule has 2 rings (SSSR count). The van der Waals surface area contributed by atoms with Gasteiger partial charge in [-0.2, -0.15) is 9.97 Å². The molecule has 0 saturated carbocycles. The zero-order valence-corrected chi connectivity index (χ0v) is 10.2. The molecule has 0 atom stereocenters. The quantitative estimate of drug-likeness (QED) is 0.816. The Morgan fingerprint density at radius 1 is 1.19 bits per heavy atom. The molecule has 0 aliphatic rings. The second-order valence-corrected chi connectivity index (χ2v) is 5.18. The Bertz CT molecular complexity index is 486. The lowest BCUT2D eigenvalue weighted by Gasteiger charge is -2.16. The first-order valence-electron chi connectivity index (χ1n) is 4.87. The first-order chi connectivity index (χ1) is 7.47. The Kier molecular flexibility index (Phi) is 2.59. The van der Waals surface area contributed by atoms with Gasteiger partial charge in [0.1, 0.15) is 11.5 Å². The number of nitrogen functional groups attached to an aromatic ring is 1. The Morgan fingerprint density at radius 2 is 1.94 bits per heavy atom. The van der Waals surface area contributed by atoms with E-state index in [1.807, 2.05) is 26.2 Å². The first-order valence-corrected chi connectivity index (χ1v) is 5.82. The smallest absolute Gasteiger partial charge is 0.223 e. The number of thiazole rings is 1. The summed E-state index contributed by atoms with van der Waals surface area (Å²) in [5.41, 5.74) is 8.01. The molecule has 84 valence electrons. The molecule has 0 spiro atoms. The summed E-state index contributed by atoms with van der Waals surface area (Å²) in [4.78, 5) is 16.8. The fraction of sp³-hybridized carbons (Fsp3) is 0.400. The van der Waals surface area contributed by atoms with Crippen molar-refractivity contribution in [2.75, 3.05) is 5.73 Å². The third kappa shape index (κ3) is 2.16. The molecule has 2 aromatic heterocycles. The molecule has 5 nitrogen and oxygen atoms in total. The molecule has 0 aliphatic heterocycles. The molecule has 0 amide bonds. The zero-order chi connectivity index (χ0) is 11.8. The maximum Gasteiger partial charge on any atom is 0.223 e. The van der Waals surface area contributed by atoms with Crippen molar-refractivity contribution in [3.05, 3.63) is 16.7 Å². The Balaban J connectivity index is 2.53. The topological polar surface area (TPSA) is 77.6 Å². The van der Waals surface area contributed by atoms with E-state index in [2.05, 4.69) is 19.9 Å². The van der Waals surface area contributed by atoms with Crippen molar-refractivity contribution in [1.29, 1.82) is 0 Å². The number of hydrogen-bond donors (Lipinski definition) is 1. The summed E-state index contributed by atoms with van der Waals surface area (Å²) >= 11 is 1.50. The molecule has 6 heteroatoms. The fourth-order valence-electron chi connectivity index (χ4n) is 1.17. The van der Waals surface area contributed by atoms with E-state index in [9.17, 15) is 0 Å². The Labute approximate surface area is 97.8 Å². The van der Waals surface area contributed by atoms with Gasteiger partial charge in [-0.05, 0) is 0 Å². The third-order valence-corrected chi connectivity index (χ3v) is 2.57. The molecular formula is C10H13N5S. The largest absolute Gasteiger partial charge is 0.368 e. The predicted molar refractivity (Wildman–Crippen MR) is 64.0 cm³/mol. The predicted octanol–water partition coefficient (Wildman–Crippen LogP) is 1.87. The summed E-state index contributed by atoms with van der Waals surface area (Å²) in [7, 11) is 0. The fourth-order valence-corrected chi connectivity index (χ4v) is 1.70. The molecule has 0 bridgehead atoms. The monoisotopic (exact) mass is 235 g/mol. The van der Waals surface area contributed by atoms with E-state index in [0.717, 1.165) is 5.69 Å². The van der Waals surface area contributed by atoms with Crippen molar-refractivity contribution in [3.63, 3.8) is 0 Å². The van der Waals surface area contributed by atoms with E-state index in [0.29, 0.717) is 11.6 Å². The van der Waals surface area contributed by atoms with Crippen molar-refractivity contribution in [3.8, 4) is 11.5 Å². The number of hydrogen-bond acceptors (Lipinski definition) is 6. The van der Waals surface area contributed by atoms with Gasteiger partial charge < -0.3 is 5.73 Å². The number of rotatable bonds is 1. The zero-order valence-electron chi connectivity index (χ0n) is 9.43. The van der Waals surface area contributed by atoms with Gasteiger partial charge in [0.15, 0.2) is 5.82 Å². The molecule has 0 unspecified atom stereocenters. The average molecular weight is 235 g/mol. The van der Waals surface area contributed by atoms with Crippen molar-refractivity contribution in [2.24, 2.45) is 0 Å². The van der Waals surface area contributed by atoms with Crippen LogP contribution in [0.15, 0.2) is 10.9 Å². The van der Waals surface area contributed by atoms with E-state index in [1.165, 1.54) is 11.3 Å². The van der Waals surface area contributed by atoms with Gasteiger partial charge in [-0.3, -0.25) is 0 Å². The molecule has 2 heterocycles. The SMILES string of the molecule is CC(C)(C)c1nc(N)nc(-c2cscn2)n1. The van der Waals surface area contributed by atoms with Crippen LogP contribution in [0.2, 0.25) is 0 Å². The summed E-state index contributed by atoms with van der Waals surface area (Å²) < 4.78 is 0. The van der Waals surface area contributed by atoms with Crippen LogP contribution in [0, 0.1) is 0 Å². The van der Waals surface area contributed by atoms with E-state index < -0.39 is 0 Å². The lowest BCUT2D eigenvalue weighted by Crippen LogP contribution is -2.18.